The molecule has 2 nitrogen and oxygen atoms in total. The minimum absolute atomic E-state index is 0.114. The summed E-state index contributed by atoms with van der Waals surface area (Å²) in [7, 11) is 0. The van der Waals surface area contributed by atoms with Gasteiger partial charge in [0.1, 0.15) is 6.61 Å². The molecule has 0 aromatic heterocycles. The molecule has 1 rings (SSSR count). The van der Waals surface area contributed by atoms with Gasteiger partial charge in [-0.15, -0.1) is 11.8 Å². The first kappa shape index (κ1) is 16.6. The van der Waals surface area contributed by atoms with Gasteiger partial charge in [-0.2, -0.15) is 13.2 Å². The van der Waals surface area contributed by atoms with Crippen LogP contribution < -0.4 is 0 Å². The van der Waals surface area contributed by atoms with E-state index in [1.54, 1.807) is 18.2 Å². The van der Waals surface area contributed by atoms with Crippen molar-refractivity contribution in [1.29, 1.82) is 0 Å². The molecule has 0 bridgehead atoms. The Morgan fingerprint density at radius 3 is 2.74 bits per heavy atom. The summed E-state index contributed by atoms with van der Waals surface area (Å²) in [5, 5.41) is 10.2. The summed E-state index contributed by atoms with van der Waals surface area (Å²) in [6.45, 7) is -1.39. The van der Waals surface area contributed by atoms with Crippen molar-refractivity contribution >= 4 is 23.4 Å². The largest absolute Gasteiger partial charge is 0.411 e. The number of thioether (sulfide) groups is 1. The first-order valence-electron chi connectivity index (χ1n) is 5.58. The Balaban J connectivity index is 2.16. The van der Waals surface area contributed by atoms with Crippen LogP contribution in [0.1, 0.15) is 6.42 Å². The molecule has 0 spiro atoms. The third kappa shape index (κ3) is 8.36. The average molecular weight is 315 g/mol. The van der Waals surface area contributed by atoms with Crippen molar-refractivity contribution in [2.75, 3.05) is 19.0 Å². The van der Waals surface area contributed by atoms with E-state index in [2.05, 4.69) is 4.74 Å². The molecule has 0 amide bonds. The van der Waals surface area contributed by atoms with Gasteiger partial charge in [0.25, 0.3) is 0 Å². The maximum atomic E-state index is 11.8. The molecule has 0 saturated heterocycles. The van der Waals surface area contributed by atoms with E-state index in [1.165, 1.54) is 11.8 Å². The molecule has 0 heterocycles. The molecule has 108 valence electrons. The Hall–Kier alpha value is -0.430. The highest BCUT2D eigenvalue weighted by Gasteiger charge is 2.27. The maximum Gasteiger partial charge on any atom is 0.411 e. The molecule has 0 aliphatic heterocycles. The van der Waals surface area contributed by atoms with Crippen molar-refractivity contribution < 1.29 is 23.0 Å². The predicted octanol–water partition coefficient (Wildman–Crippen LogP) is 3.76. The van der Waals surface area contributed by atoms with Crippen molar-refractivity contribution in [1.82, 2.24) is 0 Å². The van der Waals surface area contributed by atoms with Crippen molar-refractivity contribution in [3.05, 3.63) is 29.3 Å². The van der Waals surface area contributed by atoms with Crippen molar-refractivity contribution in [2.45, 2.75) is 23.6 Å². The first-order chi connectivity index (χ1) is 8.87. The van der Waals surface area contributed by atoms with Gasteiger partial charge < -0.3 is 9.84 Å². The van der Waals surface area contributed by atoms with Crippen LogP contribution in [0.4, 0.5) is 13.2 Å². The second kappa shape index (κ2) is 7.99. The number of benzene rings is 1. The van der Waals surface area contributed by atoms with Crippen LogP contribution in [0.15, 0.2) is 29.2 Å². The molecule has 1 atom stereocenters. The van der Waals surface area contributed by atoms with Crippen molar-refractivity contribution in [2.24, 2.45) is 0 Å². The summed E-state index contributed by atoms with van der Waals surface area (Å²) in [6.07, 6.45) is -4.86. The minimum atomic E-state index is -4.32. The SMILES string of the molecule is OC(CCOCC(F)(F)F)CSc1cccc(Cl)c1. The van der Waals surface area contributed by atoms with E-state index in [0.29, 0.717) is 10.8 Å². The summed E-state index contributed by atoms with van der Waals surface area (Å²) in [5.41, 5.74) is 0. The summed E-state index contributed by atoms with van der Waals surface area (Å²) in [4.78, 5) is 0.905. The Morgan fingerprint density at radius 2 is 2.11 bits per heavy atom. The summed E-state index contributed by atoms with van der Waals surface area (Å²) in [5.74, 6) is 0.385. The third-order valence-corrected chi connectivity index (χ3v) is 3.47. The van der Waals surface area contributed by atoms with Gasteiger partial charge in [-0.3, -0.25) is 0 Å². The van der Waals surface area contributed by atoms with Gasteiger partial charge in [0.15, 0.2) is 0 Å². The lowest BCUT2D eigenvalue weighted by Gasteiger charge is -2.11. The fourth-order valence-electron chi connectivity index (χ4n) is 1.24. The van der Waals surface area contributed by atoms with Crippen LogP contribution in [-0.2, 0) is 4.74 Å². The number of hydrogen-bond acceptors (Lipinski definition) is 3. The smallest absolute Gasteiger partial charge is 0.392 e. The molecule has 0 aliphatic carbocycles. The number of alkyl halides is 3. The van der Waals surface area contributed by atoms with Gasteiger partial charge in [0.2, 0.25) is 0 Å². The standard InChI is InChI=1S/C12H14ClF3O2S/c13-9-2-1-3-11(6-9)19-7-10(17)4-5-18-8-12(14,15)16/h1-3,6,10,17H,4-5,7-8H2. The second-order valence-corrected chi connectivity index (χ2v) is 5.41. The zero-order valence-corrected chi connectivity index (χ0v) is 11.6. The highest BCUT2D eigenvalue weighted by atomic mass is 35.5. The van der Waals surface area contributed by atoms with Crippen LogP contribution in [0.5, 0.6) is 0 Å². The van der Waals surface area contributed by atoms with Gasteiger partial charge >= 0.3 is 6.18 Å². The van der Waals surface area contributed by atoms with E-state index >= 15 is 0 Å². The quantitative estimate of drug-likeness (QED) is 0.614. The van der Waals surface area contributed by atoms with Gasteiger partial charge in [0.05, 0.1) is 6.10 Å². The molecule has 1 unspecified atom stereocenters. The number of rotatable bonds is 7. The average Bonchev–Trinajstić information content (AvgIpc) is 2.31. The fourth-order valence-corrected chi connectivity index (χ4v) is 2.43. The molecular formula is C12H14ClF3O2S. The monoisotopic (exact) mass is 314 g/mol. The van der Waals surface area contributed by atoms with Gasteiger partial charge in [-0.25, -0.2) is 0 Å². The third-order valence-electron chi connectivity index (χ3n) is 2.10. The lowest BCUT2D eigenvalue weighted by atomic mass is 10.3. The fraction of sp³-hybridized carbons (Fsp3) is 0.500. The molecule has 1 N–H and O–H groups in total. The Kier molecular flexibility index (Phi) is 6.99. The van der Waals surface area contributed by atoms with E-state index < -0.39 is 18.9 Å². The van der Waals surface area contributed by atoms with Crippen LogP contribution in [0.3, 0.4) is 0 Å². The van der Waals surface area contributed by atoms with E-state index in [0.717, 1.165) is 4.90 Å². The highest BCUT2D eigenvalue weighted by molar-refractivity contribution is 7.99. The molecule has 0 saturated carbocycles. The highest BCUT2D eigenvalue weighted by Crippen LogP contribution is 2.22. The number of aliphatic hydroxyl groups excluding tert-OH is 1. The zero-order valence-electron chi connectivity index (χ0n) is 9.99. The molecule has 1 aromatic carbocycles. The predicted molar refractivity (Wildman–Crippen MR) is 69.7 cm³/mol. The van der Waals surface area contributed by atoms with Crippen LogP contribution in [-0.4, -0.2) is 36.4 Å². The molecular weight excluding hydrogens is 301 g/mol. The first-order valence-corrected chi connectivity index (χ1v) is 6.94. The van der Waals surface area contributed by atoms with E-state index in [4.69, 9.17) is 11.6 Å². The molecule has 1 aromatic rings. The number of hydrogen-bond donors (Lipinski definition) is 1. The van der Waals surface area contributed by atoms with Gasteiger partial charge in [0, 0.05) is 22.3 Å². The number of halogens is 4. The topological polar surface area (TPSA) is 29.5 Å². The van der Waals surface area contributed by atoms with E-state index in [-0.39, 0.29) is 13.0 Å². The number of ether oxygens (including phenoxy) is 1. The van der Waals surface area contributed by atoms with Crippen LogP contribution >= 0.6 is 23.4 Å². The molecule has 19 heavy (non-hydrogen) atoms. The maximum absolute atomic E-state index is 11.8. The summed E-state index contributed by atoms with van der Waals surface area (Å²) in [6, 6.07) is 7.15. The minimum Gasteiger partial charge on any atom is -0.392 e. The number of aliphatic hydroxyl groups is 1. The van der Waals surface area contributed by atoms with Crippen molar-refractivity contribution in [3.8, 4) is 0 Å². The van der Waals surface area contributed by atoms with E-state index in [9.17, 15) is 18.3 Å². The normalized spacial score (nSPS) is 13.5. The summed E-state index contributed by atoms with van der Waals surface area (Å²) >= 11 is 7.20. The molecule has 0 radical (unpaired) electrons. The van der Waals surface area contributed by atoms with Crippen molar-refractivity contribution in [3.63, 3.8) is 0 Å². The van der Waals surface area contributed by atoms with Crippen LogP contribution in [0.2, 0.25) is 5.02 Å². The van der Waals surface area contributed by atoms with Crippen LogP contribution in [0, 0.1) is 0 Å². The zero-order chi connectivity index (χ0) is 14.3. The second-order valence-electron chi connectivity index (χ2n) is 3.88. The van der Waals surface area contributed by atoms with Gasteiger partial charge in [-0.05, 0) is 24.6 Å². The Morgan fingerprint density at radius 1 is 1.37 bits per heavy atom. The van der Waals surface area contributed by atoms with Gasteiger partial charge in [-0.1, -0.05) is 17.7 Å². The van der Waals surface area contributed by atoms with Crippen LogP contribution in [0.25, 0.3) is 0 Å². The Labute approximate surface area is 118 Å². The molecule has 0 fully saturated rings. The lowest BCUT2D eigenvalue weighted by molar-refractivity contribution is -0.175. The molecule has 7 heteroatoms. The summed E-state index contributed by atoms with van der Waals surface area (Å²) < 4.78 is 39.8. The Bertz CT molecular complexity index is 387. The molecule has 0 aliphatic rings. The van der Waals surface area contributed by atoms with E-state index in [1.807, 2.05) is 6.07 Å². The lowest BCUT2D eigenvalue weighted by Crippen LogP contribution is -2.20.